The molecule has 0 saturated carbocycles. The number of thiophene rings is 1. The van der Waals surface area contributed by atoms with Crippen molar-refractivity contribution in [2.24, 2.45) is 5.92 Å². The summed E-state index contributed by atoms with van der Waals surface area (Å²) in [6.45, 7) is 2.36. The number of hydrogen-bond donors (Lipinski definition) is 2. The highest BCUT2D eigenvalue weighted by atomic mass is 32.1. The van der Waals surface area contributed by atoms with Crippen LogP contribution in [-0.4, -0.2) is 42.6 Å². The Bertz CT molecular complexity index is 936. The highest BCUT2D eigenvalue weighted by Crippen LogP contribution is 2.41. The lowest BCUT2D eigenvalue weighted by Crippen LogP contribution is -2.27. The van der Waals surface area contributed by atoms with Crippen molar-refractivity contribution in [2.75, 3.05) is 31.8 Å². The van der Waals surface area contributed by atoms with Crippen molar-refractivity contribution >= 4 is 40.1 Å². The molecule has 2 amide bonds. The van der Waals surface area contributed by atoms with E-state index in [9.17, 15) is 9.59 Å². The number of nitrogens with one attached hydrogen (secondary N) is 1. The van der Waals surface area contributed by atoms with Crippen LogP contribution in [0.3, 0.4) is 0 Å². The molecular formula is C21H26N4O3S. The molecule has 0 radical (unpaired) electrons. The Morgan fingerprint density at radius 2 is 2.24 bits per heavy atom. The van der Waals surface area contributed by atoms with E-state index in [2.05, 4.69) is 10.3 Å². The first-order valence-electron chi connectivity index (χ1n) is 9.49. The minimum absolute atomic E-state index is 0.227. The second-order valence-corrected chi connectivity index (χ2v) is 8.49. The van der Waals surface area contributed by atoms with E-state index in [1.807, 2.05) is 13.0 Å². The number of aryl methyl sites for hydroxylation is 1. The number of anilines is 2. The number of amides is 2. The minimum atomic E-state index is -0.329. The van der Waals surface area contributed by atoms with Gasteiger partial charge in [0, 0.05) is 37.4 Å². The van der Waals surface area contributed by atoms with Gasteiger partial charge in [-0.3, -0.25) is 9.78 Å². The molecule has 0 bridgehead atoms. The van der Waals surface area contributed by atoms with Crippen LogP contribution in [0.4, 0.5) is 15.5 Å². The number of carbonyl (C=O) groups is 2. The van der Waals surface area contributed by atoms with E-state index < -0.39 is 0 Å². The van der Waals surface area contributed by atoms with Crippen LogP contribution in [0.15, 0.2) is 24.5 Å². The van der Waals surface area contributed by atoms with E-state index in [1.165, 1.54) is 22.3 Å². The number of nitrogen functional groups attached to an aromatic ring is 1. The van der Waals surface area contributed by atoms with Crippen LogP contribution < -0.4 is 11.1 Å². The van der Waals surface area contributed by atoms with E-state index in [0.29, 0.717) is 17.3 Å². The van der Waals surface area contributed by atoms with Gasteiger partial charge in [-0.15, -0.1) is 11.3 Å². The number of rotatable bonds is 5. The summed E-state index contributed by atoms with van der Waals surface area (Å²) in [5, 5.41) is 3.57. The molecule has 8 heteroatoms. The number of hydrogen-bond acceptors (Lipinski definition) is 6. The number of nitrogens with zero attached hydrogens (tertiary/aromatic N) is 2. The van der Waals surface area contributed by atoms with Gasteiger partial charge in [0.2, 0.25) is 5.91 Å². The molecule has 0 saturated heterocycles. The summed E-state index contributed by atoms with van der Waals surface area (Å²) in [5.74, 6) is 0.0384. The minimum Gasteiger partial charge on any atom is -0.449 e. The zero-order chi connectivity index (χ0) is 21.0. The summed E-state index contributed by atoms with van der Waals surface area (Å²) in [5.41, 5.74) is 9.98. The van der Waals surface area contributed by atoms with Gasteiger partial charge >= 0.3 is 6.09 Å². The zero-order valence-corrected chi connectivity index (χ0v) is 17.7. The normalized spacial score (nSPS) is 15.8. The number of aromatic nitrogens is 1. The molecule has 2 aromatic heterocycles. The molecule has 0 aliphatic heterocycles. The maximum atomic E-state index is 12.3. The van der Waals surface area contributed by atoms with Crippen molar-refractivity contribution in [2.45, 2.75) is 26.2 Å². The largest absolute Gasteiger partial charge is 0.449 e. The molecular weight excluding hydrogens is 388 g/mol. The second kappa shape index (κ2) is 9.09. The predicted octanol–water partition coefficient (Wildman–Crippen LogP) is 3.49. The standard InChI is InChI=1S/C21H26N4O3S/c1-13-8-9-23-11-15(13)5-7-18(26)24-20-19(22)16-6-4-14(10-17(16)29-20)12-28-21(27)25(2)3/h5,7-9,11,14H,4,6,10,12,22H2,1-3H3,(H,24,26)/b7-5+. The molecule has 0 fully saturated rings. The fraction of sp³-hybridized carbons (Fsp3) is 0.381. The lowest BCUT2D eigenvalue weighted by Gasteiger charge is -2.22. The third kappa shape index (κ3) is 5.14. The first-order valence-corrected chi connectivity index (χ1v) is 10.3. The van der Waals surface area contributed by atoms with Crippen LogP contribution in [0.2, 0.25) is 0 Å². The molecule has 3 rings (SSSR count). The van der Waals surface area contributed by atoms with Gasteiger partial charge in [0.15, 0.2) is 0 Å². The Morgan fingerprint density at radius 1 is 1.45 bits per heavy atom. The van der Waals surface area contributed by atoms with Gasteiger partial charge in [0.25, 0.3) is 0 Å². The molecule has 1 aliphatic rings. The van der Waals surface area contributed by atoms with Crippen molar-refractivity contribution in [1.82, 2.24) is 9.88 Å². The molecule has 7 nitrogen and oxygen atoms in total. The van der Waals surface area contributed by atoms with Crippen molar-refractivity contribution in [3.63, 3.8) is 0 Å². The molecule has 2 heterocycles. The van der Waals surface area contributed by atoms with Gasteiger partial charge in [-0.1, -0.05) is 0 Å². The fourth-order valence-corrected chi connectivity index (χ4v) is 4.49. The lowest BCUT2D eigenvalue weighted by molar-refractivity contribution is -0.111. The number of pyridine rings is 1. The average Bonchev–Trinajstić information content (AvgIpc) is 3.00. The highest BCUT2D eigenvalue weighted by molar-refractivity contribution is 7.17. The van der Waals surface area contributed by atoms with E-state index >= 15 is 0 Å². The maximum absolute atomic E-state index is 12.3. The monoisotopic (exact) mass is 414 g/mol. The van der Waals surface area contributed by atoms with Crippen LogP contribution in [0, 0.1) is 12.8 Å². The average molecular weight is 415 g/mol. The summed E-state index contributed by atoms with van der Waals surface area (Å²) in [7, 11) is 3.33. The Hall–Kier alpha value is -2.87. The van der Waals surface area contributed by atoms with Crippen molar-refractivity contribution in [3.05, 3.63) is 46.1 Å². The predicted molar refractivity (Wildman–Crippen MR) is 116 cm³/mol. The maximum Gasteiger partial charge on any atom is 0.409 e. The topological polar surface area (TPSA) is 97.5 Å². The van der Waals surface area contributed by atoms with Crippen LogP contribution in [0.25, 0.3) is 6.08 Å². The number of ether oxygens (including phenoxy) is 1. The molecule has 1 atom stereocenters. The number of carbonyl (C=O) groups excluding carboxylic acids is 2. The first kappa shape index (κ1) is 20.9. The Kier molecular flexibility index (Phi) is 6.53. The Morgan fingerprint density at radius 3 is 2.97 bits per heavy atom. The van der Waals surface area contributed by atoms with Crippen LogP contribution in [0.1, 0.15) is 28.0 Å². The van der Waals surface area contributed by atoms with Crippen LogP contribution >= 0.6 is 11.3 Å². The first-order chi connectivity index (χ1) is 13.8. The number of nitrogens with two attached hydrogens (primary N) is 1. The summed E-state index contributed by atoms with van der Waals surface area (Å²) >= 11 is 1.51. The van der Waals surface area contributed by atoms with E-state index in [4.69, 9.17) is 10.5 Å². The van der Waals surface area contributed by atoms with Crippen molar-refractivity contribution < 1.29 is 14.3 Å². The summed E-state index contributed by atoms with van der Waals surface area (Å²) in [6.07, 6.45) is 8.88. The smallest absolute Gasteiger partial charge is 0.409 e. The highest BCUT2D eigenvalue weighted by Gasteiger charge is 2.26. The molecule has 3 N–H and O–H groups in total. The molecule has 2 aromatic rings. The molecule has 29 heavy (non-hydrogen) atoms. The second-order valence-electron chi connectivity index (χ2n) is 7.38. The molecule has 0 aromatic carbocycles. The van der Waals surface area contributed by atoms with Gasteiger partial charge in [-0.05, 0) is 60.9 Å². The van der Waals surface area contributed by atoms with E-state index in [1.54, 1.807) is 32.6 Å². The van der Waals surface area contributed by atoms with E-state index in [0.717, 1.165) is 40.8 Å². The fourth-order valence-electron chi connectivity index (χ4n) is 3.20. The number of fused-ring (bicyclic) bond motifs is 1. The quantitative estimate of drug-likeness (QED) is 0.730. The van der Waals surface area contributed by atoms with Gasteiger partial charge in [-0.2, -0.15) is 0 Å². The van der Waals surface area contributed by atoms with Gasteiger partial charge in [-0.25, -0.2) is 4.79 Å². The lowest BCUT2D eigenvalue weighted by atomic mass is 9.89. The van der Waals surface area contributed by atoms with Gasteiger partial charge in [0.1, 0.15) is 5.00 Å². The third-order valence-electron chi connectivity index (χ3n) is 4.95. The summed E-state index contributed by atoms with van der Waals surface area (Å²) in [4.78, 5) is 30.6. The molecule has 1 unspecified atom stereocenters. The Labute approximate surface area is 174 Å². The van der Waals surface area contributed by atoms with Crippen molar-refractivity contribution in [3.8, 4) is 0 Å². The molecule has 154 valence electrons. The zero-order valence-electron chi connectivity index (χ0n) is 16.9. The van der Waals surface area contributed by atoms with Gasteiger partial charge in [0.05, 0.1) is 12.3 Å². The Balaban J connectivity index is 1.62. The molecule has 0 spiro atoms. The third-order valence-corrected chi connectivity index (χ3v) is 6.13. The SMILES string of the molecule is Cc1ccncc1/C=C/C(=O)Nc1sc2c(c1N)CCC(COC(=O)N(C)C)C2. The van der Waals surface area contributed by atoms with E-state index in [-0.39, 0.29) is 17.9 Å². The van der Waals surface area contributed by atoms with Crippen LogP contribution in [-0.2, 0) is 22.4 Å². The summed E-state index contributed by atoms with van der Waals surface area (Å²) < 4.78 is 5.32. The van der Waals surface area contributed by atoms with Crippen LogP contribution in [0.5, 0.6) is 0 Å². The summed E-state index contributed by atoms with van der Waals surface area (Å²) in [6, 6.07) is 1.90. The van der Waals surface area contributed by atoms with Crippen molar-refractivity contribution in [1.29, 1.82) is 0 Å². The van der Waals surface area contributed by atoms with Gasteiger partial charge < -0.3 is 20.7 Å². The molecule has 1 aliphatic carbocycles.